The molecule has 0 aromatic carbocycles. The third-order valence-electron chi connectivity index (χ3n) is 1.35. The van der Waals surface area contributed by atoms with Crippen LogP contribution in [0.25, 0.3) is 0 Å². The zero-order valence-electron chi connectivity index (χ0n) is 6.38. The average Bonchev–Trinajstić information content (AvgIpc) is 1.97. The van der Waals surface area contributed by atoms with Crippen LogP contribution >= 0.6 is 0 Å². The van der Waals surface area contributed by atoms with Gasteiger partial charge in [-0.3, -0.25) is 9.59 Å². The van der Waals surface area contributed by atoms with E-state index in [1.54, 1.807) is 0 Å². The van der Waals surface area contributed by atoms with E-state index in [0.717, 1.165) is 0 Å². The standard InChI is InChI=1S/C6H8O7/c7-3(8)1-2(5(10)11)4(9)6(12)13/h2,4,9H,1H2,(H,7,8)(H,10,11)(H,12,13)/t2-,4-/m1/s1/i1+1. The summed E-state index contributed by atoms with van der Waals surface area (Å²) >= 11 is 0. The van der Waals surface area contributed by atoms with Crippen molar-refractivity contribution in [2.75, 3.05) is 0 Å². The Morgan fingerprint density at radius 3 is 1.69 bits per heavy atom. The predicted octanol–water partition coefficient (Wildman–Crippen LogP) is -1.39. The average molecular weight is 193 g/mol. The van der Waals surface area contributed by atoms with Crippen LogP contribution in [-0.4, -0.2) is 44.4 Å². The van der Waals surface area contributed by atoms with Crippen molar-refractivity contribution in [2.45, 2.75) is 12.5 Å². The molecule has 0 aromatic rings. The van der Waals surface area contributed by atoms with Gasteiger partial charge in [-0.15, -0.1) is 0 Å². The Morgan fingerprint density at radius 2 is 1.46 bits per heavy atom. The number of carboxylic acids is 3. The molecule has 13 heavy (non-hydrogen) atoms. The van der Waals surface area contributed by atoms with Gasteiger partial charge in [0.2, 0.25) is 0 Å². The molecule has 0 aliphatic heterocycles. The van der Waals surface area contributed by atoms with E-state index in [0.29, 0.717) is 0 Å². The molecule has 0 radical (unpaired) electrons. The second kappa shape index (κ2) is 4.41. The van der Waals surface area contributed by atoms with E-state index in [1.807, 2.05) is 0 Å². The summed E-state index contributed by atoms with van der Waals surface area (Å²) in [5.41, 5.74) is 0. The second-order valence-electron chi connectivity index (χ2n) is 2.33. The molecule has 0 saturated carbocycles. The molecule has 0 fully saturated rings. The minimum atomic E-state index is -2.20. The fourth-order valence-electron chi connectivity index (χ4n) is 0.694. The topological polar surface area (TPSA) is 132 Å². The highest BCUT2D eigenvalue weighted by atomic mass is 16.4. The number of carboxylic acid groups (broad SMARTS) is 3. The van der Waals surface area contributed by atoms with E-state index in [2.05, 4.69) is 0 Å². The van der Waals surface area contributed by atoms with Gasteiger partial charge >= 0.3 is 17.9 Å². The SMILES string of the molecule is O=C(O)[13CH2][C@@H](C(=O)O)[C@@H](O)C(=O)O. The number of hydrogen-bond acceptors (Lipinski definition) is 4. The third-order valence-corrected chi connectivity index (χ3v) is 1.35. The van der Waals surface area contributed by atoms with Gasteiger partial charge < -0.3 is 20.4 Å². The first-order chi connectivity index (χ1) is 5.86. The lowest BCUT2D eigenvalue weighted by molar-refractivity contribution is -0.162. The van der Waals surface area contributed by atoms with Gasteiger partial charge in [-0.25, -0.2) is 4.79 Å². The Morgan fingerprint density at radius 1 is 1.00 bits per heavy atom. The fraction of sp³-hybridized carbons (Fsp3) is 0.500. The Labute approximate surface area is 72.2 Å². The lowest BCUT2D eigenvalue weighted by Gasteiger charge is -2.12. The molecule has 0 aliphatic rings. The Bertz CT molecular complexity index is 233. The fourth-order valence-corrected chi connectivity index (χ4v) is 0.694. The zero-order valence-corrected chi connectivity index (χ0v) is 6.38. The van der Waals surface area contributed by atoms with Crippen LogP contribution in [0, 0.1) is 5.92 Å². The molecule has 4 N–H and O–H groups in total. The van der Waals surface area contributed by atoms with Crippen molar-refractivity contribution in [3.8, 4) is 0 Å². The van der Waals surface area contributed by atoms with Crippen LogP contribution in [0.1, 0.15) is 6.42 Å². The summed E-state index contributed by atoms with van der Waals surface area (Å²) in [6, 6.07) is 0. The molecule has 0 amide bonds. The monoisotopic (exact) mass is 193 g/mol. The van der Waals surface area contributed by atoms with Crippen molar-refractivity contribution in [1.82, 2.24) is 0 Å². The minimum absolute atomic E-state index is 0.928. The highest BCUT2D eigenvalue weighted by Gasteiger charge is 2.33. The zero-order chi connectivity index (χ0) is 10.6. The third kappa shape index (κ3) is 3.52. The molecule has 7 heteroatoms. The Kier molecular flexibility index (Phi) is 3.86. The largest absolute Gasteiger partial charge is 0.481 e. The molecule has 2 atom stereocenters. The minimum Gasteiger partial charge on any atom is -0.481 e. The summed E-state index contributed by atoms with van der Waals surface area (Å²) in [5.74, 6) is -6.71. The van der Waals surface area contributed by atoms with E-state index < -0.39 is 36.4 Å². The molecular formula is C6H8O7. The molecule has 7 nitrogen and oxygen atoms in total. The number of aliphatic carboxylic acids is 3. The van der Waals surface area contributed by atoms with E-state index >= 15 is 0 Å². The molecule has 0 saturated heterocycles. The molecule has 0 aliphatic carbocycles. The van der Waals surface area contributed by atoms with Crippen LogP contribution in [0.3, 0.4) is 0 Å². The van der Waals surface area contributed by atoms with Crippen molar-refractivity contribution < 1.29 is 34.8 Å². The van der Waals surface area contributed by atoms with Crippen molar-refractivity contribution in [1.29, 1.82) is 0 Å². The first-order valence-electron chi connectivity index (χ1n) is 3.21. The quantitative estimate of drug-likeness (QED) is 0.395. The molecule has 0 bridgehead atoms. The van der Waals surface area contributed by atoms with Gasteiger partial charge in [-0.1, -0.05) is 0 Å². The van der Waals surface area contributed by atoms with E-state index in [4.69, 9.17) is 20.4 Å². The van der Waals surface area contributed by atoms with Gasteiger partial charge in [0, 0.05) is 0 Å². The van der Waals surface area contributed by atoms with Gasteiger partial charge in [0.05, 0.1) is 6.42 Å². The molecule has 0 aromatic heterocycles. The van der Waals surface area contributed by atoms with E-state index in [9.17, 15) is 14.4 Å². The summed E-state index contributed by atoms with van der Waals surface area (Å²) in [4.78, 5) is 30.5. The van der Waals surface area contributed by atoms with Crippen LogP contribution in [0.15, 0.2) is 0 Å². The van der Waals surface area contributed by atoms with E-state index in [1.165, 1.54) is 0 Å². The highest BCUT2D eigenvalue weighted by molar-refractivity contribution is 5.85. The molecule has 0 rings (SSSR count). The number of carbonyl (C=O) groups is 3. The van der Waals surface area contributed by atoms with Crippen LogP contribution < -0.4 is 0 Å². The summed E-state index contributed by atoms with van der Waals surface area (Å²) < 4.78 is 0. The maximum absolute atomic E-state index is 10.3. The van der Waals surface area contributed by atoms with Gasteiger partial charge in [0.25, 0.3) is 0 Å². The summed E-state index contributed by atoms with van der Waals surface area (Å²) in [6.07, 6.45) is -3.13. The van der Waals surface area contributed by atoms with E-state index in [-0.39, 0.29) is 0 Å². The smallest absolute Gasteiger partial charge is 0.333 e. The van der Waals surface area contributed by atoms with Gasteiger partial charge in [-0.2, -0.15) is 0 Å². The van der Waals surface area contributed by atoms with Gasteiger partial charge in [-0.05, 0) is 0 Å². The maximum atomic E-state index is 10.3. The lowest BCUT2D eigenvalue weighted by atomic mass is 10.1. The molecule has 0 heterocycles. The lowest BCUT2D eigenvalue weighted by Crippen LogP contribution is -2.36. The highest BCUT2D eigenvalue weighted by Crippen LogP contribution is 2.09. The number of aliphatic hydroxyl groups excluding tert-OH is 1. The molecule has 0 spiro atoms. The van der Waals surface area contributed by atoms with Crippen molar-refractivity contribution >= 4 is 17.9 Å². The summed E-state index contributed by atoms with van der Waals surface area (Å²) in [7, 11) is 0. The number of rotatable bonds is 5. The van der Waals surface area contributed by atoms with Crippen molar-refractivity contribution in [2.24, 2.45) is 5.92 Å². The van der Waals surface area contributed by atoms with Crippen LogP contribution in [-0.2, 0) is 14.4 Å². The number of aliphatic hydroxyl groups is 1. The number of hydrogen-bond donors (Lipinski definition) is 4. The summed E-state index contributed by atoms with van der Waals surface area (Å²) in [6.45, 7) is 0. The molecular weight excluding hydrogens is 185 g/mol. The Balaban J connectivity index is 4.51. The summed E-state index contributed by atoms with van der Waals surface area (Å²) in [5, 5.41) is 33.5. The van der Waals surface area contributed by atoms with Crippen molar-refractivity contribution in [3.05, 3.63) is 0 Å². The van der Waals surface area contributed by atoms with Crippen LogP contribution in [0.4, 0.5) is 0 Å². The van der Waals surface area contributed by atoms with Crippen LogP contribution in [0.5, 0.6) is 0 Å². The molecule has 0 unspecified atom stereocenters. The van der Waals surface area contributed by atoms with Gasteiger partial charge in [0.1, 0.15) is 5.92 Å². The van der Waals surface area contributed by atoms with Crippen LogP contribution in [0.2, 0.25) is 0 Å². The molecule has 74 valence electrons. The van der Waals surface area contributed by atoms with Crippen molar-refractivity contribution in [3.63, 3.8) is 0 Å². The second-order valence-corrected chi connectivity index (χ2v) is 2.33. The Hall–Kier alpha value is -1.63. The first kappa shape index (κ1) is 11.4. The normalized spacial score (nSPS) is 14.5. The predicted molar refractivity (Wildman–Crippen MR) is 37.0 cm³/mol. The first-order valence-corrected chi connectivity index (χ1v) is 3.21. The van der Waals surface area contributed by atoms with Gasteiger partial charge in [0.15, 0.2) is 6.10 Å². The maximum Gasteiger partial charge on any atom is 0.333 e.